The molecule has 2 heterocycles. The van der Waals surface area contributed by atoms with Crippen molar-refractivity contribution in [3.63, 3.8) is 0 Å². The molecule has 0 aliphatic heterocycles. The lowest BCUT2D eigenvalue weighted by Gasteiger charge is -2.13. The third-order valence-corrected chi connectivity index (χ3v) is 5.88. The molecule has 2 atom stereocenters. The smallest absolute Gasteiger partial charge is 0.380 e. The number of ether oxygens (including phenoxy) is 2. The third-order valence-electron chi connectivity index (χ3n) is 5.88. The van der Waals surface area contributed by atoms with E-state index in [-0.39, 0.29) is 11.9 Å². The van der Waals surface area contributed by atoms with E-state index in [1.165, 1.54) is 0 Å². The summed E-state index contributed by atoms with van der Waals surface area (Å²) in [4.78, 5) is 25.5. The molecule has 0 radical (unpaired) electrons. The van der Waals surface area contributed by atoms with Crippen LogP contribution in [-0.4, -0.2) is 25.2 Å². The highest BCUT2D eigenvalue weighted by Gasteiger charge is 2.32. The highest BCUT2D eigenvalue weighted by atomic mass is 16.5. The van der Waals surface area contributed by atoms with Crippen LogP contribution in [0.25, 0.3) is 11.1 Å². The maximum absolute atomic E-state index is 12.7. The van der Waals surface area contributed by atoms with E-state index in [1.807, 2.05) is 119 Å². The summed E-state index contributed by atoms with van der Waals surface area (Å²) < 4.78 is 14.4. The summed E-state index contributed by atoms with van der Waals surface area (Å²) in [5, 5.41) is 0. The minimum Gasteiger partial charge on any atom is -0.461 e. The zero-order valence-electron chi connectivity index (χ0n) is 20.5. The molecule has 0 N–H and O–H groups in total. The predicted octanol–water partition coefficient (Wildman–Crippen LogP) is 4.23. The summed E-state index contributed by atoms with van der Waals surface area (Å²) in [6, 6.07) is 25.9. The van der Waals surface area contributed by atoms with Gasteiger partial charge in [-0.3, -0.25) is 0 Å². The fraction of sp³-hybridized carbons (Fsp3) is 0.200. The summed E-state index contributed by atoms with van der Waals surface area (Å²) in [6.45, 7) is 4.25. The van der Waals surface area contributed by atoms with Crippen LogP contribution < -0.4 is 9.13 Å². The van der Waals surface area contributed by atoms with Crippen molar-refractivity contribution in [1.82, 2.24) is 0 Å². The zero-order valence-corrected chi connectivity index (χ0v) is 20.5. The molecular formula is C30H30N2O4+2. The van der Waals surface area contributed by atoms with Gasteiger partial charge in [0, 0.05) is 35.4 Å². The van der Waals surface area contributed by atoms with Gasteiger partial charge < -0.3 is 9.47 Å². The number of benzene rings is 2. The normalized spacial score (nSPS) is 12.4. The summed E-state index contributed by atoms with van der Waals surface area (Å²) >= 11 is 0. The van der Waals surface area contributed by atoms with Crippen LogP contribution in [0.5, 0.6) is 0 Å². The maximum Gasteiger partial charge on any atom is 0.380 e. The molecule has 0 aliphatic rings. The van der Waals surface area contributed by atoms with Gasteiger partial charge in [-0.1, -0.05) is 60.7 Å². The molecule has 2 aromatic heterocycles. The third kappa shape index (κ3) is 5.66. The average molecular weight is 483 g/mol. The molecule has 6 heteroatoms. The Balaban J connectivity index is 1.60. The number of hydrogen-bond donors (Lipinski definition) is 0. The van der Waals surface area contributed by atoms with Gasteiger partial charge >= 0.3 is 11.9 Å². The fourth-order valence-corrected chi connectivity index (χ4v) is 4.18. The van der Waals surface area contributed by atoms with Crippen molar-refractivity contribution >= 4 is 11.9 Å². The molecule has 4 rings (SSSR count). The molecule has 2 unspecified atom stereocenters. The molecule has 182 valence electrons. The first-order chi connectivity index (χ1) is 17.6. The lowest BCUT2D eigenvalue weighted by atomic mass is 10.0. The molecule has 0 fully saturated rings. The van der Waals surface area contributed by atoms with E-state index in [0.717, 1.165) is 22.3 Å². The molecule has 36 heavy (non-hydrogen) atoms. The standard InChI is InChI=1S/C30H30N2O4/c1-3-35-29(33)27(25-11-7-5-8-12-25)31-19-15-23(16-20-31)24-17-21-32(22-18-24)28(30(34)36-4-2)26-13-9-6-10-14-26/h5-22,27-28H,3-4H2,1-2H3/q+2. The number of hydrogen-bond acceptors (Lipinski definition) is 4. The second-order valence-corrected chi connectivity index (χ2v) is 8.20. The largest absolute Gasteiger partial charge is 0.461 e. The minimum absolute atomic E-state index is 0.298. The number of carbonyl (C=O) groups is 2. The van der Waals surface area contributed by atoms with Crippen LogP contribution in [0.4, 0.5) is 0 Å². The quantitative estimate of drug-likeness (QED) is 0.265. The number of pyridine rings is 2. The molecule has 2 aromatic carbocycles. The van der Waals surface area contributed by atoms with Crippen molar-refractivity contribution in [3.8, 4) is 11.1 Å². The summed E-state index contributed by atoms with van der Waals surface area (Å²) in [5.74, 6) is -0.596. The van der Waals surface area contributed by atoms with Crippen LogP contribution in [0.1, 0.15) is 37.1 Å². The Morgan fingerprint density at radius 3 is 1.22 bits per heavy atom. The maximum atomic E-state index is 12.7. The first kappa shape index (κ1) is 24.8. The summed E-state index contributed by atoms with van der Waals surface area (Å²) in [6.07, 6.45) is 7.54. The lowest BCUT2D eigenvalue weighted by Crippen LogP contribution is -2.45. The molecule has 0 amide bonds. The second-order valence-electron chi connectivity index (χ2n) is 8.20. The Kier molecular flexibility index (Phi) is 8.19. The van der Waals surface area contributed by atoms with Crippen molar-refractivity contribution in [2.75, 3.05) is 13.2 Å². The van der Waals surface area contributed by atoms with Gasteiger partial charge in [0.2, 0.25) is 0 Å². The minimum atomic E-state index is -0.561. The monoisotopic (exact) mass is 482 g/mol. The van der Waals surface area contributed by atoms with E-state index < -0.39 is 12.1 Å². The van der Waals surface area contributed by atoms with Gasteiger partial charge in [0.15, 0.2) is 24.8 Å². The molecule has 6 nitrogen and oxygen atoms in total. The first-order valence-electron chi connectivity index (χ1n) is 12.1. The number of nitrogens with zero attached hydrogens (tertiary/aromatic N) is 2. The molecule has 0 bridgehead atoms. The lowest BCUT2D eigenvalue weighted by molar-refractivity contribution is -0.702. The zero-order chi connectivity index (χ0) is 25.3. The van der Waals surface area contributed by atoms with Gasteiger partial charge in [-0.05, 0) is 25.0 Å². The number of esters is 2. The Morgan fingerprint density at radius 1 is 0.583 bits per heavy atom. The van der Waals surface area contributed by atoms with Crippen LogP contribution in [0.3, 0.4) is 0 Å². The van der Waals surface area contributed by atoms with E-state index in [0.29, 0.717) is 13.2 Å². The van der Waals surface area contributed by atoms with Crippen LogP contribution >= 0.6 is 0 Å². The van der Waals surface area contributed by atoms with Crippen LogP contribution in [0.15, 0.2) is 110 Å². The van der Waals surface area contributed by atoms with Gasteiger partial charge in [0.05, 0.1) is 13.2 Å². The first-order valence-corrected chi connectivity index (χ1v) is 12.1. The van der Waals surface area contributed by atoms with E-state index in [2.05, 4.69) is 0 Å². The summed E-state index contributed by atoms with van der Waals surface area (Å²) in [5.41, 5.74) is 3.70. The molecule has 4 aromatic rings. The topological polar surface area (TPSA) is 60.4 Å². The number of aromatic nitrogens is 2. The number of rotatable bonds is 9. The van der Waals surface area contributed by atoms with Crippen molar-refractivity contribution in [2.45, 2.75) is 25.9 Å². The van der Waals surface area contributed by atoms with Gasteiger partial charge in [-0.2, -0.15) is 9.13 Å². The van der Waals surface area contributed by atoms with Crippen LogP contribution in [0, 0.1) is 0 Å². The van der Waals surface area contributed by atoms with E-state index >= 15 is 0 Å². The van der Waals surface area contributed by atoms with E-state index in [9.17, 15) is 9.59 Å². The molecule has 0 saturated carbocycles. The molecule has 0 spiro atoms. The Morgan fingerprint density at radius 2 is 0.917 bits per heavy atom. The van der Waals surface area contributed by atoms with Crippen molar-refractivity contribution in [1.29, 1.82) is 0 Å². The SMILES string of the molecule is CCOC(=O)C(c1ccccc1)[n+]1ccc(-c2cc[n+](C(C(=O)OCC)c3ccccc3)cc2)cc1. The van der Waals surface area contributed by atoms with Crippen molar-refractivity contribution < 1.29 is 28.2 Å². The highest BCUT2D eigenvalue weighted by molar-refractivity contribution is 5.76. The molecule has 0 saturated heterocycles. The summed E-state index contributed by atoms with van der Waals surface area (Å²) in [7, 11) is 0. The van der Waals surface area contributed by atoms with Gasteiger partial charge in [-0.15, -0.1) is 0 Å². The van der Waals surface area contributed by atoms with Crippen molar-refractivity contribution in [3.05, 3.63) is 121 Å². The van der Waals surface area contributed by atoms with Gasteiger partial charge in [0.25, 0.3) is 12.1 Å². The second kappa shape index (κ2) is 11.9. The number of carbonyl (C=O) groups excluding carboxylic acids is 2. The van der Waals surface area contributed by atoms with E-state index in [4.69, 9.17) is 9.47 Å². The van der Waals surface area contributed by atoms with E-state index in [1.54, 1.807) is 13.8 Å². The van der Waals surface area contributed by atoms with Gasteiger partial charge in [0.1, 0.15) is 0 Å². The van der Waals surface area contributed by atoms with Crippen LogP contribution in [0.2, 0.25) is 0 Å². The molecular weight excluding hydrogens is 452 g/mol. The Bertz CT molecular complexity index is 1170. The predicted molar refractivity (Wildman–Crippen MR) is 135 cm³/mol. The fourth-order valence-electron chi connectivity index (χ4n) is 4.18. The highest BCUT2D eigenvalue weighted by Crippen LogP contribution is 2.20. The van der Waals surface area contributed by atoms with Crippen LogP contribution in [-0.2, 0) is 19.1 Å². The van der Waals surface area contributed by atoms with Gasteiger partial charge in [-0.25, -0.2) is 9.59 Å². The Hall–Kier alpha value is -4.32. The molecule has 0 aliphatic carbocycles. The average Bonchev–Trinajstić information content (AvgIpc) is 2.91. The van der Waals surface area contributed by atoms with Crippen molar-refractivity contribution in [2.24, 2.45) is 0 Å². The Labute approximate surface area is 211 Å².